The van der Waals surface area contributed by atoms with Crippen LogP contribution in [-0.4, -0.2) is 47.1 Å². The molecule has 1 aromatic heterocycles. The van der Waals surface area contributed by atoms with Crippen LogP contribution < -0.4 is 10.6 Å². The zero-order chi connectivity index (χ0) is 16.6. The van der Waals surface area contributed by atoms with Crippen LogP contribution in [0.3, 0.4) is 0 Å². The van der Waals surface area contributed by atoms with Gasteiger partial charge in [-0.2, -0.15) is 0 Å². The normalized spacial score (nSPS) is 23.7. The van der Waals surface area contributed by atoms with E-state index < -0.39 is 0 Å². The van der Waals surface area contributed by atoms with Crippen LogP contribution in [0.15, 0.2) is 42.7 Å². The molecule has 0 amide bonds. The van der Waals surface area contributed by atoms with Gasteiger partial charge in [-0.3, -0.25) is 4.90 Å². The number of nitrogen functional groups attached to an aromatic ring is 1. The lowest BCUT2D eigenvalue weighted by Crippen LogP contribution is -2.50. The Morgan fingerprint density at radius 1 is 1.12 bits per heavy atom. The SMILES string of the molecule is CN1CC(c2ccccc2)CC12CCN(c1cc(N)ncn1)CC2. The predicted octanol–water partition coefficient (Wildman–Crippen LogP) is 2.52. The zero-order valence-electron chi connectivity index (χ0n) is 14.2. The number of aromatic nitrogens is 2. The van der Waals surface area contributed by atoms with E-state index in [0.717, 1.165) is 25.5 Å². The van der Waals surface area contributed by atoms with Crippen LogP contribution in [0.25, 0.3) is 0 Å². The molecule has 5 nitrogen and oxygen atoms in total. The van der Waals surface area contributed by atoms with E-state index in [-0.39, 0.29) is 0 Å². The smallest absolute Gasteiger partial charge is 0.134 e. The summed E-state index contributed by atoms with van der Waals surface area (Å²) in [5.41, 5.74) is 7.61. The molecule has 0 saturated carbocycles. The highest BCUT2D eigenvalue weighted by molar-refractivity contribution is 5.46. The molecule has 2 fully saturated rings. The molecule has 1 aromatic carbocycles. The molecule has 126 valence electrons. The fourth-order valence-corrected chi connectivity index (χ4v) is 4.42. The van der Waals surface area contributed by atoms with Crippen LogP contribution in [0.5, 0.6) is 0 Å². The van der Waals surface area contributed by atoms with Gasteiger partial charge in [0.25, 0.3) is 0 Å². The van der Waals surface area contributed by atoms with Gasteiger partial charge < -0.3 is 10.6 Å². The molecule has 24 heavy (non-hydrogen) atoms. The lowest BCUT2D eigenvalue weighted by molar-refractivity contribution is 0.137. The van der Waals surface area contributed by atoms with Gasteiger partial charge in [-0.25, -0.2) is 9.97 Å². The first-order chi connectivity index (χ1) is 11.7. The number of piperidine rings is 1. The summed E-state index contributed by atoms with van der Waals surface area (Å²) in [4.78, 5) is 13.3. The molecule has 2 aliphatic rings. The van der Waals surface area contributed by atoms with E-state index in [9.17, 15) is 0 Å². The van der Waals surface area contributed by atoms with Gasteiger partial charge in [0.15, 0.2) is 0 Å². The van der Waals surface area contributed by atoms with Crippen LogP contribution in [0.1, 0.15) is 30.7 Å². The zero-order valence-corrected chi connectivity index (χ0v) is 14.2. The molecule has 0 bridgehead atoms. The number of hydrogen-bond acceptors (Lipinski definition) is 5. The maximum atomic E-state index is 5.80. The minimum atomic E-state index is 0.329. The van der Waals surface area contributed by atoms with Crippen molar-refractivity contribution in [3.63, 3.8) is 0 Å². The number of hydrogen-bond donors (Lipinski definition) is 1. The summed E-state index contributed by atoms with van der Waals surface area (Å²) in [6.45, 7) is 3.22. The minimum absolute atomic E-state index is 0.329. The van der Waals surface area contributed by atoms with Crippen LogP contribution in [0.2, 0.25) is 0 Å². The molecule has 4 rings (SSSR count). The standard InChI is InChI=1S/C19H25N5/c1-23-13-16(15-5-3-2-4-6-15)12-19(23)7-9-24(10-8-19)18-11-17(20)21-14-22-18/h2-6,11,14,16H,7-10,12-13H2,1H3,(H2,20,21,22). The number of likely N-dealkylation sites (N-methyl/N-ethyl adjacent to an activating group) is 1. The summed E-state index contributed by atoms with van der Waals surface area (Å²) in [5, 5.41) is 0. The minimum Gasteiger partial charge on any atom is -0.384 e. The van der Waals surface area contributed by atoms with E-state index in [1.807, 2.05) is 6.07 Å². The number of benzene rings is 1. The third kappa shape index (κ3) is 2.73. The molecule has 2 aromatic rings. The molecule has 1 unspecified atom stereocenters. The molecule has 5 heteroatoms. The second-order valence-electron chi connectivity index (χ2n) is 7.20. The highest BCUT2D eigenvalue weighted by Crippen LogP contribution is 2.44. The van der Waals surface area contributed by atoms with Crippen molar-refractivity contribution in [2.75, 3.05) is 37.3 Å². The first-order valence-corrected chi connectivity index (χ1v) is 8.75. The topological polar surface area (TPSA) is 58.3 Å². The molecule has 3 heterocycles. The number of rotatable bonds is 2. The molecule has 1 atom stereocenters. The number of anilines is 2. The van der Waals surface area contributed by atoms with Crippen LogP contribution >= 0.6 is 0 Å². The summed E-state index contributed by atoms with van der Waals surface area (Å²) in [5.74, 6) is 2.15. The fourth-order valence-electron chi connectivity index (χ4n) is 4.42. The van der Waals surface area contributed by atoms with Gasteiger partial charge in [-0.1, -0.05) is 30.3 Å². The first kappa shape index (κ1) is 15.4. The molecule has 0 aliphatic carbocycles. The highest BCUT2D eigenvalue weighted by atomic mass is 15.3. The van der Waals surface area contributed by atoms with Crippen molar-refractivity contribution >= 4 is 11.6 Å². The van der Waals surface area contributed by atoms with Gasteiger partial charge in [0.1, 0.15) is 18.0 Å². The van der Waals surface area contributed by atoms with Crippen molar-refractivity contribution in [2.45, 2.75) is 30.7 Å². The largest absolute Gasteiger partial charge is 0.384 e. The highest BCUT2D eigenvalue weighted by Gasteiger charge is 2.45. The van der Waals surface area contributed by atoms with Crippen molar-refractivity contribution in [1.29, 1.82) is 0 Å². The summed E-state index contributed by atoms with van der Waals surface area (Å²) in [6.07, 6.45) is 5.17. The fraction of sp³-hybridized carbons (Fsp3) is 0.474. The van der Waals surface area contributed by atoms with Crippen molar-refractivity contribution in [3.05, 3.63) is 48.3 Å². The van der Waals surface area contributed by atoms with Crippen molar-refractivity contribution in [3.8, 4) is 0 Å². The molecule has 0 radical (unpaired) electrons. The van der Waals surface area contributed by atoms with Gasteiger partial charge in [0.05, 0.1) is 0 Å². The van der Waals surface area contributed by atoms with E-state index in [2.05, 4.69) is 57.1 Å². The second-order valence-corrected chi connectivity index (χ2v) is 7.20. The lowest BCUT2D eigenvalue weighted by atomic mass is 9.81. The summed E-state index contributed by atoms with van der Waals surface area (Å²) in [6, 6.07) is 12.8. The van der Waals surface area contributed by atoms with E-state index in [1.54, 1.807) is 6.33 Å². The predicted molar refractivity (Wildman–Crippen MR) is 97.1 cm³/mol. The van der Waals surface area contributed by atoms with E-state index in [0.29, 0.717) is 17.3 Å². The Balaban J connectivity index is 1.46. The number of likely N-dealkylation sites (tertiary alicyclic amines) is 1. The number of nitrogens with two attached hydrogens (primary N) is 1. The third-order valence-corrected chi connectivity index (χ3v) is 5.89. The van der Waals surface area contributed by atoms with Gasteiger partial charge in [0, 0.05) is 31.2 Å². The average Bonchev–Trinajstić information content (AvgIpc) is 2.93. The Morgan fingerprint density at radius 2 is 1.88 bits per heavy atom. The van der Waals surface area contributed by atoms with Gasteiger partial charge in [-0.15, -0.1) is 0 Å². The van der Waals surface area contributed by atoms with E-state index in [4.69, 9.17) is 5.73 Å². The van der Waals surface area contributed by atoms with Crippen molar-refractivity contribution in [1.82, 2.24) is 14.9 Å². The Kier molecular flexibility index (Phi) is 3.88. The summed E-state index contributed by atoms with van der Waals surface area (Å²) >= 11 is 0. The Morgan fingerprint density at radius 3 is 2.58 bits per heavy atom. The average molecular weight is 323 g/mol. The molecule has 2 saturated heterocycles. The van der Waals surface area contributed by atoms with E-state index >= 15 is 0 Å². The van der Waals surface area contributed by atoms with Crippen molar-refractivity contribution in [2.24, 2.45) is 0 Å². The molecule has 2 N–H and O–H groups in total. The first-order valence-electron chi connectivity index (χ1n) is 8.75. The number of nitrogens with zero attached hydrogens (tertiary/aromatic N) is 4. The van der Waals surface area contributed by atoms with Gasteiger partial charge in [0.2, 0.25) is 0 Å². The Bertz CT molecular complexity index is 694. The van der Waals surface area contributed by atoms with Crippen LogP contribution in [-0.2, 0) is 0 Å². The van der Waals surface area contributed by atoms with Crippen LogP contribution in [0, 0.1) is 0 Å². The Hall–Kier alpha value is -2.14. The second kappa shape index (κ2) is 6.06. The van der Waals surface area contributed by atoms with Gasteiger partial charge >= 0.3 is 0 Å². The maximum absolute atomic E-state index is 5.80. The Labute approximate surface area is 143 Å². The quantitative estimate of drug-likeness (QED) is 0.920. The van der Waals surface area contributed by atoms with Gasteiger partial charge in [-0.05, 0) is 37.8 Å². The van der Waals surface area contributed by atoms with Crippen molar-refractivity contribution < 1.29 is 0 Å². The molecule has 2 aliphatic heterocycles. The van der Waals surface area contributed by atoms with E-state index in [1.165, 1.54) is 24.8 Å². The molecular formula is C19H25N5. The summed E-state index contributed by atoms with van der Waals surface area (Å²) in [7, 11) is 2.29. The molecule has 1 spiro atoms. The lowest BCUT2D eigenvalue weighted by Gasteiger charge is -2.44. The maximum Gasteiger partial charge on any atom is 0.134 e. The monoisotopic (exact) mass is 323 g/mol. The molecular weight excluding hydrogens is 298 g/mol. The third-order valence-electron chi connectivity index (χ3n) is 5.89. The van der Waals surface area contributed by atoms with Crippen LogP contribution in [0.4, 0.5) is 11.6 Å². The summed E-state index contributed by atoms with van der Waals surface area (Å²) < 4.78 is 0.